The molecule has 0 aromatic heterocycles. The molecule has 55 heavy (non-hydrogen) atoms. The van der Waals surface area contributed by atoms with Gasteiger partial charge >= 0.3 is 6.09 Å². The summed E-state index contributed by atoms with van der Waals surface area (Å²) in [7, 11) is 4.34. The number of hydrogen-bond acceptors (Lipinski definition) is 13. The Bertz CT molecular complexity index is 1270. The second-order valence-electron chi connectivity index (χ2n) is 13.8. The van der Waals surface area contributed by atoms with E-state index in [2.05, 4.69) is 15.4 Å². The Morgan fingerprint density at radius 2 is 1.07 bits per heavy atom. The predicted octanol–water partition coefficient (Wildman–Crippen LogP) is 1.49. The standard InChI is InChI=1S/C18H28N2O5.C14H28N2O3.C6H5NO4/c1-24-9-10-25-8-7-16(21)19-12-14-3-2-4-15(11-14)13-20-17(22)5-6-18(20)23;1-18-7-8-19-6-5-14(17)16-11-13-4-2-3-12(9-13)10-15;1-11-6(10)7-4(8)2-3-5(7)9/h5-6,14-15H,2-4,7-13H2,1H3,(H,19,21);12-13H,2-11,15H2,1H3,(H,16,17);2-3H,1H3. The second-order valence-corrected chi connectivity index (χ2v) is 13.8. The summed E-state index contributed by atoms with van der Waals surface area (Å²) in [4.78, 5) is 80.6. The van der Waals surface area contributed by atoms with Crippen molar-refractivity contribution in [3.05, 3.63) is 24.3 Å². The molecule has 4 atom stereocenters. The zero-order chi connectivity index (χ0) is 40.4. The largest absolute Gasteiger partial charge is 0.452 e. The lowest BCUT2D eigenvalue weighted by molar-refractivity contribution is -0.138. The van der Waals surface area contributed by atoms with E-state index in [0.29, 0.717) is 94.1 Å². The van der Waals surface area contributed by atoms with Crippen LogP contribution in [0.4, 0.5) is 4.79 Å². The van der Waals surface area contributed by atoms with E-state index in [4.69, 9.17) is 24.7 Å². The zero-order valence-corrected chi connectivity index (χ0v) is 32.6. The second kappa shape index (κ2) is 27.5. The molecule has 2 heterocycles. The minimum Gasteiger partial charge on any atom is -0.452 e. The molecule has 17 heteroatoms. The SMILES string of the molecule is COC(=O)N1C(=O)C=CC1=O.COCCOCCC(=O)NCC1CCCC(CN)C1.COCCOCCC(=O)NCC1CCCC(CN2C(=O)C=CC2=O)C1. The third-order valence-electron chi connectivity index (χ3n) is 9.61. The van der Waals surface area contributed by atoms with Crippen molar-refractivity contribution in [2.75, 3.05) is 87.1 Å². The molecule has 2 aliphatic carbocycles. The van der Waals surface area contributed by atoms with Gasteiger partial charge in [-0.3, -0.25) is 33.7 Å². The van der Waals surface area contributed by atoms with Crippen molar-refractivity contribution in [3.8, 4) is 0 Å². The number of imide groups is 4. The Labute approximate surface area is 324 Å². The van der Waals surface area contributed by atoms with Gasteiger partial charge in [-0.15, -0.1) is 0 Å². The Morgan fingerprint density at radius 1 is 0.636 bits per heavy atom. The molecule has 0 saturated heterocycles. The highest BCUT2D eigenvalue weighted by atomic mass is 16.5. The highest BCUT2D eigenvalue weighted by molar-refractivity contribution is 6.21. The molecule has 0 spiro atoms. The van der Waals surface area contributed by atoms with Crippen LogP contribution in [0.2, 0.25) is 0 Å². The minimum atomic E-state index is -0.954. The maximum Gasteiger partial charge on any atom is 0.423 e. The molecule has 2 saturated carbocycles. The molecule has 4 rings (SSSR count). The van der Waals surface area contributed by atoms with Gasteiger partial charge in [0.05, 0.1) is 46.8 Å². The fourth-order valence-electron chi connectivity index (χ4n) is 6.61. The molecule has 2 fully saturated rings. The first kappa shape index (κ1) is 47.1. The van der Waals surface area contributed by atoms with Crippen molar-refractivity contribution in [1.82, 2.24) is 20.4 Å². The van der Waals surface area contributed by atoms with E-state index in [1.54, 1.807) is 14.2 Å². The van der Waals surface area contributed by atoms with Gasteiger partial charge in [0.25, 0.3) is 23.6 Å². The van der Waals surface area contributed by atoms with Crippen LogP contribution in [0.3, 0.4) is 0 Å². The van der Waals surface area contributed by atoms with Gasteiger partial charge in [-0.1, -0.05) is 12.8 Å². The van der Waals surface area contributed by atoms with Crippen LogP contribution < -0.4 is 16.4 Å². The zero-order valence-electron chi connectivity index (χ0n) is 32.6. The summed E-state index contributed by atoms with van der Waals surface area (Å²) in [6.45, 7) is 5.70. The summed E-state index contributed by atoms with van der Waals surface area (Å²) >= 11 is 0. The van der Waals surface area contributed by atoms with Crippen LogP contribution in [0, 0.1) is 23.7 Å². The van der Waals surface area contributed by atoms with E-state index >= 15 is 0 Å². The monoisotopic (exact) mass is 779 g/mol. The average Bonchev–Trinajstić information content (AvgIpc) is 3.70. The number of nitrogens with two attached hydrogens (primary N) is 1. The third-order valence-corrected chi connectivity index (χ3v) is 9.61. The van der Waals surface area contributed by atoms with Crippen molar-refractivity contribution in [1.29, 1.82) is 0 Å². The van der Waals surface area contributed by atoms with Crippen LogP contribution in [-0.2, 0) is 52.5 Å². The van der Waals surface area contributed by atoms with Crippen molar-refractivity contribution in [2.45, 2.75) is 64.2 Å². The quantitative estimate of drug-likeness (QED) is 0.125. The number of hydrogen-bond donors (Lipinski definition) is 3. The van der Waals surface area contributed by atoms with Crippen molar-refractivity contribution >= 4 is 41.5 Å². The molecule has 4 N–H and O–H groups in total. The van der Waals surface area contributed by atoms with Gasteiger partial charge in [0, 0.05) is 71.0 Å². The number of carbonyl (C=O) groups excluding carboxylic acids is 7. The van der Waals surface area contributed by atoms with Crippen LogP contribution in [0.15, 0.2) is 24.3 Å². The number of rotatable bonds is 19. The molecular formula is C38H61N5O12. The number of nitrogens with zero attached hydrogens (tertiary/aromatic N) is 2. The summed E-state index contributed by atoms with van der Waals surface area (Å²) < 4.78 is 24.5. The maximum atomic E-state index is 11.8. The average molecular weight is 780 g/mol. The summed E-state index contributed by atoms with van der Waals surface area (Å²) in [5.41, 5.74) is 5.71. The van der Waals surface area contributed by atoms with E-state index in [1.165, 1.54) is 36.3 Å². The highest BCUT2D eigenvalue weighted by Gasteiger charge is 2.31. The molecule has 17 nitrogen and oxygen atoms in total. The Balaban J connectivity index is 0.000000307. The molecule has 0 bridgehead atoms. The van der Waals surface area contributed by atoms with E-state index in [0.717, 1.165) is 64.5 Å². The Kier molecular flexibility index (Phi) is 23.6. The summed E-state index contributed by atoms with van der Waals surface area (Å²) in [6, 6.07) is 0. The molecule has 7 amide bonds. The number of amides is 7. The first-order chi connectivity index (χ1) is 26.5. The lowest BCUT2D eigenvalue weighted by Gasteiger charge is -2.31. The van der Waals surface area contributed by atoms with Gasteiger partial charge in [-0.2, -0.15) is 4.90 Å². The predicted molar refractivity (Wildman–Crippen MR) is 200 cm³/mol. The summed E-state index contributed by atoms with van der Waals surface area (Å²) in [5.74, 6) is 0.278. The van der Waals surface area contributed by atoms with Gasteiger partial charge in [0.1, 0.15) is 0 Å². The molecule has 4 unspecified atom stereocenters. The molecule has 4 aliphatic rings. The first-order valence-electron chi connectivity index (χ1n) is 19.1. The molecule has 2 aliphatic heterocycles. The van der Waals surface area contributed by atoms with Crippen LogP contribution >= 0.6 is 0 Å². The molecule has 310 valence electrons. The lowest BCUT2D eigenvalue weighted by Crippen LogP contribution is -2.38. The van der Waals surface area contributed by atoms with E-state index in [9.17, 15) is 33.6 Å². The van der Waals surface area contributed by atoms with Gasteiger partial charge in [-0.05, 0) is 68.7 Å². The molecule has 0 aromatic rings. The highest BCUT2D eigenvalue weighted by Crippen LogP contribution is 2.30. The van der Waals surface area contributed by atoms with Gasteiger partial charge in [0.2, 0.25) is 11.8 Å². The molecule has 0 radical (unpaired) electrons. The van der Waals surface area contributed by atoms with Crippen molar-refractivity contribution in [3.63, 3.8) is 0 Å². The fourth-order valence-corrected chi connectivity index (χ4v) is 6.61. The number of ether oxygens (including phenoxy) is 5. The normalized spacial score (nSPS) is 21.8. The molecule has 0 aromatic carbocycles. The van der Waals surface area contributed by atoms with E-state index in [-0.39, 0.29) is 23.6 Å². The third kappa shape index (κ3) is 18.9. The van der Waals surface area contributed by atoms with Crippen molar-refractivity contribution in [2.24, 2.45) is 29.4 Å². The first-order valence-corrected chi connectivity index (χ1v) is 19.1. The van der Waals surface area contributed by atoms with Gasteiger partial charge in [0.15, 0.2) is 0 Å². The van der Waals surface area contributed by atoms with Gasteiger partial charge in [-0.25, -0.2) is 4.79 Å². The lowest BCUT2D eigenvalue weighted by atomic mass is 9.81. The van der Waals surface area contributed by atoms with Gasteiger partial charge < -0.3 is 40.1 Å². The van der Waals surface area contributed by atoms with Crippen LogP contribution in [0.5, 0.6) is 0 Å². The summed E-state index contributed by atoms with van der Waals surface area (Å²) in [5, 5.41) is 5.96. The van der Waals surface area contributed by atoms with Crippen LogP contribution in [0.1, 0.15) is 64.2 Å². The van der Waals surface area contributed by atoms with E-state index in [1.807, 2.05) is 0 Å². The van der Waals surface area contributed by atoms with Crippen LogP contribution in [0.25, 0.3) is 0 Å². The fraction of sp³-hybridized carbons (Fsp3) is 0.711. The maximum absolute atomic E-state index is 11.8. The smallest absolute Gasteiger partial charge is 0.423 e. The number of nitrogens with one attached hydrogen (secondary N) is 2. The van der Waals surface area contributed by atoms with E-state index < -0.39 is 17.9 Å². The Morgan fingerprint density at radius 3 is 1.53 bits per heavy atom. The van der Waals surface area contributed by atoms with Crippen LogP contribution in [-0.4, -0.2) is 138 Å². The summed E-state index contributed by atoms with van der Waals surface area (Å²) in [6.07, 6.45) is 13.4. The Hall–Kier alpha value is -4.03. The van der Waals surface area contributed by atoms with Crippen molar-refractivity contribution < 1.29 is 57.2 Å². The minimum absolute atomic E-state index is 0.00589. The number of carbonyl (C=O) groups is 7. The number of methoxy groups -OCH3 is 3. The molecular weight excluding hydrogens is 718 g/mol. The topological polar surface area (TPSA) is 222 Å².